The molecule has 0 radical (unpaired) electrons. The number of carbonyl (C=O) groups excluding carboxylic acids is 3. The van der Waals surface area contributed by atoms with Crippen LogP contribution < -0.4 is 4.74 Å². The lowest BCUT2D eigenvalue weighted by Gasteiger charge is -2.33. The molecule has 17 nitrogen and oxygen atoms in total. The van der Waals surface area contributed by atoms with Gasteiger partial charge in [-0.1, -0.05) is 36.9 Å². The molecule has 5 atom stereocenters. The summed E-state index contributed by atoms with van der Waals surface area (Å²) in [5, 5.41) is 30.9. The van der Waals surface area contributed by atoms with E-state index in [4.69, 9.17) is 63.2 Å². The van der Waals surface area contributed by atoms with Crippen LogP contribution in [-0.2, 0) is 58.9 Å². The molecule has 2 aliphatic rings. The molecule has 0 aliphatic carbocycles. The maximum atomic E-state index is 11.2. The maximum Gasteiger partial charge on any atom is 0.337 e. The summed E-state index contributed by atoms with van der Waals surface area (Å²) in [6, 6.07) is 16.8. The molecule has 4 rings (SSSR count). The molecule has 17 heteroatoms. The molecule has 2 aliphatic heterocycles. The summed E-state index contributed by atoms with van der Waals surface area (Å²) in [6.07, 6.45) is 0.224. The van der Waals surface area contributed by atoms with Crippen LogP contribution in [0.25, 0.3) is 0 Å². The summed E-state index contributed by atoms with van der Waals surface area (Å²) in [7, 11) is 3.93. The number of allylic oxidation sites excluding steroid dienone is 1. The van der Waals surface area contributed by atoms with Crippen molar-refractivity contribution >= 4 is 29.8 Å². The normalized spacial score (nSPS) is 19.0. The largest absolute Gasteiger partial charge is 0.496 e. The van der Waals surface area contributed by atoms with Gasteiger partial charge in [0.15, 0.2) is 6.29 Å². The second kappa shape index (κ2) is 32.2. The van der Waals surface area contributed by atoms with E-state index in [2.05, 4.69) is 11.3 Å². The fourth-order valence-corrected chi connectivity index (χ4v) is 4.39. The Morgan fingerprint density at radius 3 is 1.77 bits per heavy atom. The van der Waals surface area contributed by atoms with E-state index in [1.165, 1.54) is 21.0 Å². The van der Waals surface area contributed by atoms with E-state index < -0.39 is 18.0 Å². The molecular weight excluding hydrogens is 740 g/mol. The van der Waals surface area contributed by atoms with Crippen LogP contribution in [0, 0.1) is 0 Å². The second-order valence-electron chi connectivity index (χ2n) is 11.6. The number of rotatable bonds is 10. The van der Waals surface area contributed by atoms with Crippen LogP contribution in [0.1, 0.15) is 69.8 Å². The first-order valence-corrected chi connectivity index (χ1v) is 17.2. The summed E-state index contributed by atoms with van der Waals surface area (Å²) in [4.78, 5) is 50.6. The molecular formula is C39H58O17. The summed E-state index contributed by atoms with van der Waals surface area (Å²) in [6.45, 7) is 12.0. The SMILES string of the molecule is C=C(C)OC[C@@H]1C[C@H](OC(C)=O)C[C@H](OC)O1.CC(=O)O.CC(=O)O.CC(=O)O[C@H]1COC[C@@H](O)C1.CO.COC(=O)c1ccc(OCc2ccccc2)cc1. The van der Waals surface area contributed by atoms with Crippen LogP contribution in [0.4, 0.5) is 0 Å². The number of carboxylic acid groups (broad SMARTS) is 2. The van der Waals surface area contributed by atoms with Crippen LogP contribution >= 0.6 is 0 Å². The third kappa shape index (κ3) is 30.3. The van der Waals surface area contributed by atoms with Crippen molar-refractivity contribution < 1.29 is 82.3 Å². The number of benzene rings is 2. The van der Waals surface area contributed by atoms with Gasteiger partial charge in [-0.15, -0.1) is 0 Å². The first-order valence-electron chi connectivity index (χ1n) is 17.2. The van der Waals surface area contributed by atoms with Gasteiger partial charge in [0.05, 0.1) is 43.9 Å². The van der Waals surface area contributed by atoms with Crippen LogP contribution in [0.15, 0.2) is 66.9 Å². The van der Waals surface area contributed by atoms with Crippen molar-refractivity contribution in [1.29, 1.82) is 0 Å². The quantitative estimate of drug-likeness (QED) is 0.150. The van der Waals surface area contributed by atoms with E-state index in [0.717, 1.165) is 32.3 Å². The monoisotopic (exact) mass is 798 g/mol. The predicted octanol–water partition coefficient (Wildman–Crippen LogP) is 4.16. The van der Waals surface area contributed by atoms with Gasteiger partial charge in [-0.3, -0.25) is 19.2 Å². The molecule has 2 heterocycles. The topological polar surface area (TPSA) is 240 Å². The molecule has 2 aromatic rings. The molecule has 2 fully saturated rings. The first-order chi connectivity index (χ1) is 26.4. The van der Waals surface area contributed by atoms with Crippen molar-refractivity contribution in [1.82, 2.24) is 0 Å². The standard InChI is InChI=1S/C15H14O3.C12H20O5.C7H12O4.2C2H4O2.CH4O/c1-17-15(16)13-7-9-14(10-8-13)18-11-12-5-3-2-4-6-12;1-8(2)15-7-11-5-10(16-9(3)13)6-12(14-4)17-11;1-5(8)11-7-2-6(9)3-10-4-7;2*1-2(3)4;1-2/h2-10H,11H2,1H3;10-12H,1,5-7H2,2-4H3;6-7,9H,2-4H2,1H3;2*1H3,(H,3,4);2H,1H3/t;10-,11-,12+;6-,7+;;;/m.00.../s1. The zero-order valence-corrected chi connectivity index (χ0v) is 33.3. The molecule has 0 amide bonds. The number of aliphatic carboxylic acids is 2. The number of hydrogen-bond donors (Lipinski definition) is 4. The fourth-order valence-electron chi connectivity index (χ4n) is 4.39. The van der Waals surface area contributed by atoms with Gasteiger partial charge in [0.2, 0.25) is 0 Å². The van der Waals surface area contributed by atoms with Crippen LogP contribution in [0.5, 0.6) is 5.75 Å². The Bertz CT molecular complexity index is 1380. The van der Waals surface area contributed by atoms with Crippen LogP contribution in [-0.4, -0.2) is 122 Å². The van der Waals surface area contributed by atoms with E-state index in [-0.39, 0.29) is 42.5 Å². The Morgan fingerprint density at radius 1 is 0.768 bits per heavy atom. The Labute approximate surface area is 328 Å². The van der Waals surface area contributed by atoms with Crippen molar-refractivity contribution in [2.45, 2.75) is 91.2 Å². The first kappa shape index (κ1) is 53.0. The number of carboxylic acids is 2. The Kier molecular flexibility index (Phi) is 30.5. The maximum absolute atomic E-state index is 11.2. The lowest BCUT2D eigenvalue weighted by molar-refractivity contribution is -0.218. The molecule has 2 aromatic carbocycles. The van der Waals surface area contributed by atoms with Gasteiger partial charge < -0.3 is 58.3 Å². The molecule has 0 spiro atoms. The Hall–Kier alpha value is -5.07. The van der Waals surface area contributed by atoms with Crippen molar-refractivity contribution in [3.8, 4) is 5.75 Å². The van der Waals surface area contributed by atoms with Crippen LogP contribution in [0.2, 0.25) is 0 Å². The lowest BCUT2D eigenvalue weighted by atomic mass is 10.1. The smallest absolute Gasteiger partial charge is 0.337 e. The van der Waals surface area contributed by atoms with Crippen LogP contribution in [0.3, 0.4) is 0 Å². The minimum absolute atomic E-state index is 0.144. The highest BCUT2D eigenvalue weighted by atomic mass is 16.7. The molecule has 316 valence electrons. The second-order valence-corrected chi connectivity index (χ2v) is 11.6. The molecule has 0 bridgehead atoms. The minimum atomic E-state index is -0.833. The highest BCUT2D eigenvalue weighted by Gasteiger charge is 2.31. The van der Waals surface area contributed by atoms with Gasteiger partial charge in [-0.25, -0.2) is 4.79 Å². The summed E-state index contributed by atoms with van der Waals surface area (Å²) < 4.78 is 41.3. The highest BCUT2D eigenvalue weighted by molar-refractivity contribution is 5.89. The molecule has 0 aromatic heterocycles. The van der Waals surface area contributed by atoms with E-state index >= 15 is 0 Å². The van der Waals surface area contributed by atoms with Crippen molar-refractivity contribution in [3.63, 3.8) is 0 Å². The highest BCUT2D eigenvalue weighted by Crippen LogP contribution is 2.23. The van der Waals surface area contributed by atoms with Gasteiger partial charge in [-0.05, 0) is 36.8 Å². The number of hydrogen-bond acceptors (Lipinski definition) is 15. The zero-order chi connectivity index (χ0) is 43.1. The number of ether oxygens (including phenoxy) is 8. The Morgan fingerprint density at radius 2 is 1.30 bits per heavy atom. The molecule has 0 saturated carbocycles. The van der Waals surface area contributed by atoms with E-state index in [1.54, 1.807) is 38.3 Å². The lowest BCUT2D eigenvalue weighted by Crippen LogP contribution is -2.40. The molecule has 4 N–H and O–H groups in total. The fraction of sp³-hybridized carbons (Fsp3) is 0.513. The summed E-state index contributed by atoms with van der Waals surface area (Å²) in [5.74, 6) is -1.26. The average Bonchev–Trinajstić information content (AvgIpc) is 3.14. The minimum Gasteiger partial charge on any atom is -0.496 e. The predicted molar refractivity (Wildman–Crippen MR) is 202 cm³/mol. The molecule has 2 saturated heterocycles. The van der Waals surface area contributed by atoms with Gasteiger partial charge in [0.25, 0.3) is 11.9 Å². The van der Waals surface area contributed by atoms with E-state index in [0.29, 0.717) is 57.0 Å². The van der Waals surface area contributed by atoms with E-state index in [9.17, 15) is 14.4 Å². The van der Waals surface area contributed by atoms with Gasteiger partial charge in [-0.2, -0.15) is 0 Å². The third-order valence-corrected chi connectivity index (χ3v) is 6.44. The van der Waals surface area contributed by atoms with E-state index in [1.807, 2.05) is 30.3 Å². The number of methoxy groups -OCH3 is 2. The van der Waals surface area contributed by atoms with Gasteiger partial charge in [0.1, 0.15) is 31.2 Å². The van der Waals surface area contributed by atoms with Gasteiger partial charge >= 0.3 is 17.9 Å². The summed E-state index contributed by atoms with van der Waals surface area (Å²) >= 11 is 0. The average molecular weight is 799 g/mol. The van der Waals surface area contributed by atoms with Gasteiger partial charge in [0, 0.05) is 61.2 Å². The van der Waals surface area contributed by atoms with Crippen molar-refractivity contribution in [2.24, 2.45) is 0 Å². The zero-order valence-electron chi connectivity index (χ0n) is 33.3. The number of aliphatic hydroxyl groups excluding tert-OH is 2. The van der Waals surface area contributed by atoms with Crippen molar-refractivity contribution in [3.05, 3.63) is 78.1 Å². The third-order valence-electron chi connectivity index (χ3n) is 6.44. The molecule has 0 unspecified atom stereocenters. The number of carbonyl (C=O) groups is 5. The Balaban J connectivity index is 0. The number of esters is 3. The molecule has 56 heavy (non-hydrogen) atoms. The number of aliphatic hydroxyl groups is 2. The summed E-state index contributed by atoms with van der Waals surface area (Å²) in [5.41, 5.74) is 1.62. The van der Waals surface area contributed by atoms with Crippen molar-refractivity contribution in [2.75, 3.05) is 41.2 Å².